The number of rotatable bonds is 11. The molecule has 0 rings (SSSR count). The van der Waals surface area contributed by atoms with E-state index in [2.05, 4.69) is 0 Å². The van der Waals surface area contributed by atoms with Gasteiger partial charge in [0.05, 0.1) is 12.1 Å². The maximum atomic E-state index is 11.9. The molecule has 118 valence electrons. The van der Waals surface area contributed by atoms with Gasteiger partial charge in [-0.3, -0.25) is 0 Å². The number of aliphatic hydroxyl groups excluding tert-OH is 1. The van der Waals surface area contributed by atoms with Crippen molar-refractivity contribution in [3.8, 4) is 0 Å². The van der Waals surface area contributed by atoms with E-state index in [1.54, 1.807) is 0 Å². The molecule has 0 spiro atoms. The molecule has 2 unspecified atom stereocenters. The Labute approximate surface area is 118 Å². The summed E-state index contributed by atoms with van der Waals surface area (Å²) in [5.41, 5.74) is 5.33. The minimum Gasteiger partial charge on any atom is -0.391 e. The van der Waals surface area contributed by atoms with Gasteiger partial charge >= 0.3 is 6.18 Å². The number of allylic oxidation sites excluding steroid dienone is 2. The predicted octanol–water partition coefficient (Wildman–Crippen LogP) is 3.11. The monoisotopic (exact) mass is 295 g/mol. The molecule has 0 saturated carbocycles. The molecule has 0 saturated heterocycles. The molecule has 0 aliphatic carbocycles. The van der Waals surface area contributed by atoms with Gasteiger partial charge < -0.3 is 15.6 Å². The van der Waals surface area contributed by atoms with Crippen LogP contribution in [-0.2, 0) is 4.79 Å². The van der Waals surface area contributed by atoms with Crippen molar-refractivity contribution in [3.05, 3.63) is 12.2 Å². The number of carbonyl (C=O) groups excluding carboxylic acids is 1. The summed E-state index contributed by atoms with van der Waals surface area (Å²) in [4.78, 5) is 10.3. The van der Waals surface area contributed by atoms with Crippen LogP contribution in [0.15, 0.2) is 12.2 Å². The van der Waals surface area contributed by atoms with Crippen molar-refractivity contribution in [1.29, 1.82) is 0 Å². The van der Waals surface area contributed by atoms with E-state index in [0.29, 0.717) is 25.5 Å². The second-order valence-electron chi connectivity index (χ2n) is 4.90. The number of aldehydes is 1. The fourth-order valence-corrected chi connectivity index (χ4v) is 1.73. The third-order valence-electron chi connectivity index (χ3n) is 2.98. The maximum absolute atomic E-state index is 11.9. The van der Waals surface area contributed by atoms with Crippen molar-refractivity contribution in [2.75, 3.05) is 0 Å². The summed E-state index contributed by atoms with van der Waals surface area (Å²) in [7, 11) is 0. The summed E-state index contributed by atoms with van der Waals surface area (Å²) >= 11 is 0. The van der Waals surface area contributed by atoms with Crippen molar-refractivity contribution >= 4 is 6.29 Å². The zero-order valence-electron chi connectivity index (χ0n) is 11.6. The minimum absolute atomic E-state index is 0.197. The normalized spacial score (nSPS) is 15.4. The Morgan fingerprint density at radius 3 is 2.25 bits per heavy atom. The lowest BCUT2D eigenvalue weighted by molar-refractivity contribution is -0.135. The first-order valence-electron chi connectivity index (χ1n) is 6.97. The van der Waals surface area contributed by atoms with E-state index in [4.69, 9.17) is 5.73 Å². The predicted molar refractivity (Wildman–Crippen MR) is 72.2 cm³/mol. The Bertz CT molecular complexity index is 280. The third-order valence-corrected chi connectivity index (χ3v) is 2.98. The number of hydrogen-bond acceptors (Lipinski definition) is 3. The number of carbonyl (C=O) groups is 1. The average Bonchev–Trinajstić information content (AvgIpc) is 2.38. The summed E-state index contributed by atoms with van der Waals surface area (Å²) in [5, 5.41) is 9.40. The highest BCUT2D eigenvalue weighted by molar-refractivity contribution is 5.57. The van der Waals surface area contributed by atoms with Crippen LogP contribution in [0.25, 0.3) is 0 Å². The van der Waals surface area contributed by atoms with E-state index in [9.17, 15) is 23.1 Å². The van der Waals surface area contributed by atoms with Crippen LogP contribution in [0.4, 0.5) is 13.2 Å². The summed E-state index contributed by atoms with van der Waals surface area (Å²) in [6, 6.07) is -0.836. The van der Waals surface area contributed by atoms with E-state index in [0.717, 1.165) is 19.3 Å². The Kier molecular flexibility index (Phi) is 10.4. The lowest BCUT2D eigenvalue weighted by Gasteiger charge is -2.11. The number of alkyl halides is 3. The lowest BCUT2D eigenvalue weighted by Crippen LogP contribution is -2.35. The first kappa shape index (κ1) is 19.1. The van der Waals surface area contributed by atoms with Crippen molar-refractivity contribution in [1.82, 2.24) is 0 Å². The molecule has 2 atom stereocenters. The Morgan fingerprint density at radius 2 is 1.65 bits per heavy atom. The molecule has 0 fully saturated rings. The molecule has 0 aromatic rings. The van der Waals surface area contributed by atoms with E-state index >= 15 is 0 Å². The third kappa shape index (κ3) is 12.2. The van der Waals surface area contributed by atoms with Crippen molar-refractivity contribution in [2.24, 2.45) is 5.73 Å². The summed E-state index contributed by atoms with van der Waals surface area (Å²) in [5.74, 6) is 0. The number of unbranched alkanes of at least 4 members (excludes halogenated alkanes) is 4. The van der Waals surface area contributed by atoms with Gasteiger partial charge in [0, 0.05) is 6.42 Å². The molecule has 0 aliphatic rings. The van der Waals surface area contributed by atoms with Crippen molar-refractivity contribution < 1.29 is 23.1 Å². The standard InChI is InChI=1S/C14H24F3NO2/c15-14(16,17)10-8-6-4-2-1-3-5-7-9-13(20)12(18)11-19/h3,5,11-13,20H,1-2,4,6-10,18H2/b5-3+. The number of aliphatic hydroxyl groups is 1. The molecule has 0 radical (unpaired) electrons. The largest absolute Gasteiger partial charge is 0.391 e. The van der Waals surface area contributed by atoms with Gasteiger partial charge in [-0.15, -0.1) is 0 Å². The highest BCUT2D eigenvalue weighted by Gasteiger charge is 2.25. The summed E-state index contributed by atoms with van der Waals surface area (Å²) in [6.07, 6.45) is 3.16. The van der Waals surface area contributed by atoms with Crippen LogP contribution >= 0.6 is 0 Å². The summed E-state index contributed by atoms with van der Waals surface area (Å²) < 4.78 is 35.6. The SMILES string of the molecule is NC(C=O)C(O)CC/C=C/CCCCCCC(F)(F)F. The van der Waals surface area contributed by atoms with Crippen LogP contribution in [-0.4, -0.2) is 29.7 Å². The Morgan fingerprint density at radius 1 is 1.05 bits per heavy atom. The first-order chi connectivity index (χ1) is 9.37. The smallest absolute Gasteiger partial charge is 0.389 e. The average molecular weight is 295 g/mol. The second-order valence-corrected chi connectivity index (χ2v) is 4.90. The molecule has 0 aromatic carbocycles. The van der Waals surface area contributed by atoms with Crippen LogP contribution in [0, 0.1) is 0 Å². The van der Waals surface area contributed by atoms with Gasteiger partial charge in [-0.25, -0.2) is 0 Å². The van der Waals surface area contributed by atoms with E-state index in [-0.39, 0.29) is 6.42 Å². The number of hydrogen-bond donors (Lipinski definition) is 2. The highest BCUT2D eigenvalue weighted by atomic mass is 19.4. The van der Waals surface area contributed by atoms with Gasteiger partial charge in [-0.05, 0) is 32.1 Å². The molecule has 0 bridgehead atoms. The fourth-order valence-electron chi connectivity index (χ4n) is 1.73. The molecule has 3 nitrogen and oxygen atoms in total. The molecule has 6 heteroatoms. The highest BCUT2D eigenvalue weighted by Crippen LogP contribution is 2.23. The lowest BCUT2D eigenvalue weighted by atomic mass is 10.1. The van der Waals surface area contributed by atoms with E-state index in [1.807, 2.05) is 12.2 Å². The van der Waals surface area contributed by atoms with Crippen LogP contribution in [0.1, 0.15) is 51.4 Å². The molecule has 0 aromatic heterocycles. The van der Waals surface area contributed by atoms with Gasteiger partial charge in [0.25, 0.3) is 0 Å². The molecular formula is C14H24F3NO2. The Hall–Kier alpha value is -0.880. The molecular weight excluding hydrogens is 271 g/mol. The molecule has 0 amide bonds. The van der Waals surface area contributed by atoms with Gasteiger partial charge in [-0.2, -0.15) is 13.2 Å². The zero-order valence-corrected chi connectivity index (χ0v) is 11.6. The van der Waals surface area contributed by atoms with Gasteiger partial charge in [0.1, 0.15) is 6.29 Å². The topological polar surface area (TPSA) is 63.3 Å². The first-order valence-corrected chi connectivity index (χ1v) is 6.97. The number of halogens is 3. The van der Waals surface area contributed by atoms with Gasteiger partial charge in [0.2, 0.25) is 0 Å². The molecule has 0 heterocycles. The number of nitrogens with two attached hydrogens (primary N) is 1. The van der Waals surface area contributed by atoms with Crippen molar-refractivity contribution in [2.45, 2.75) is 69.7 Å². The van der Waals surface area contributed by atoms with Gasteiger partial charge in [0.15, 0.2) is 0 Å². The second kappa shape index (κ2) is 10.9. The molecule has 20 heavy (non-hydrogen) atoms. The van der Waals surface area contributed by atoms with E-state index in [1.165, 1.54) is 0 Å². The maximum Gasteiger partial charge on any atom is 0.389 e. The molecule has 3 N–H and O–H groups in total. The zero-order chi connectivity index (χ0) is 15.4. The van der Waals surface area contributed by atoms with E-state index < -0.39 is 24.7 Å². The Balaban J connectivity index is 3.39. The van der Waals surface area contributed by atoms with Crippen LogP contribution in [0.5, 0.6) is 0 Å². The van der Waals surface area contributed by atoms with Crippen LogP contribution in [0.3, 0.4) is 0 Å². The summed E-state index contributed by atoms with van der Waals surface area (Å²) in [6.45, 7) is 0. The van der Waals surface area contributed by atoms with Crippen molar-refractivity contribution in [3.63, 3.8) is 0 Å². The van der Waals surface area contributed by atoms with Crippen LogP contribution < -0.4 is 5.73 Å². The minimum atomic E-state index is -4.04. The fraction of sp³-hybridized carbons (Fsp3) is 0.786. The quantitative estimate of drug-likeness (QED) is 0.350. The molecule has 0 aliphatic heterocycles. The van der Waals surface area contributed by atoms with Crippen LogP contribution in [0.2, 0.25) is 0 Å². The van der Waals surface area contributed by atoms with Gasteiger partial charge in [-0.1, -0.05) is 25.0 Å².